The zero-order valence-corrected chi connectivity index (χ0v) is 13.8. The van der Waals surface area contributed by atoms with Crippen molar-refractivity contribution in [2.24, 2.45) is 5.41 Å². The maximum Gasteiger partial charge on any atom is 0.0331 e. The van der Waals surface area contributed by atoms with E-state index in [0.29, 0.717) is 11.5 Å². The molecule has 0 spiro atoms. The van der Waals surface area contributed by atoms with E-state index in [9.17, 15) is 0 Å². The highest BCUT2D eigenvalue weighted by molar-refractivity contribution is 7.10. The van der Waals surface area contributed by atoms with E-state index in [4.69, 9.17) is 0 Å². The molecule has 0 radical (unpaired) electrons. The van der Waals surface area contributed by atoms with Crippen molar-refractivity contribution in [3.8, 4) is 0 Å². The molecule has 0 saturated carbocycles. The first kappa shape index (κ1) is 14.6. The van der Waals surface area contributed by atoms with Gasteiger partial charge in [0.2, 0.25) is 0 Å². The standard InChI is InChI=1S/C17H28N2S/c1-3-7-17(8-4-9-18-12-17)13-19-10-5-16-15(14(19)2)6-11-20-16/h6,11,14,18H,3-5,7-10,12-13H2,1-2H3. The van der Waals surface area contributed by atoms with Crippen LogP contribution in [0.25, 0.3) is 0 Å². The summed E-state index contributed by atoms with van der Waals surface area (Å²) in [6.45, 7) is 9.72. The Morgan fingerprint density at radius 2 is 2.40 bits per heavy atom. The Kier molecular flexibility index (Phi) is 4.49. The van der Waals surface area contributed by atoms with Gasteiger partial charge in [-0.1, -0.05) is 13.3 Å². The van der Waals surface area contributed by atoms with Crippen LogP contribution in [0.15, 0.2) is 11.4 Å². The molecule has 112 valence electrons. The van der Waals surface area contributed by atoms with Crippen molar-refractivity contribution < 1.29 is 0 Å². The van der Waals surface area contributed by atoms with Crippen LogP contribution in [-0.2, 0) is 6.42 Å². The summed E-state index contributed by atoms with van der Waals surface area (Å²) in [5.74, 6) is 0. The van der Waals surface area contributed by atoms with Crippen LogP contribution in [-0.4, -0.2) is 31.1 Å². The molecule has 1 aromatic heterocycles. The smallest absolute Gasteiger partial charge is 0.0331 e. The Morgan fingerprint density at radius 3 is 3.15 bits per heavy atom. The van der Waals surface area contributed by atoms with Gasteiger partial charge in [-0.15, -0.1) is 11.3 Å². The molecule has 3 rings (SSSR count). The molecule has 0 aliphatic carbocycles. The summed E-state index contributed by atoms with van der Waals surface area (Å²) in [6, 6.07) is 2.96. The zero-order chi connectivity index (χ0) is 14.0. The Hall–Kier alpha value is -0.380. The largest absolute Gasteiger partial charge is 0.316 e. The van der Waals surface area contributed by atoms with Crippen molar-refractivity contribution in [2.45, 2.75) is 52.0 Å². The highest BCUT2D eigenvalue weighted by Crippen LogP contribution is 2.38. The quantitative estimate of drug-likeness (QED) is 0.907. The molecule has 1 saturated heterocycles. The van der Waals surface area contributed by atoms with Gasteiger partial charge in [0.25, 0.3) is 0 Å². The van der Waals surface area contributed by atoms with Crippen molar-refractivity contribution in [2.75, 3.05) is 26.2 Å². The first-order valence-corrected chi connectivity index (χ1v) is 9.13. The van der Waals surface area contributed by atoms with E-state index in [1.54, 1.807) is 10.4 Å². The molecule has 20 heavy (non-hydrogen) atoms. The maximum absolute atomic E-state index is 3.65. The number of rotatable bonds is 4. The van der Waals surface area contributed by atoms with Gasteiger partial charge in [0.15, 0.2) is 0 Å². The van der Waals surface area contributed by atoms with Crippen LogP contribution in [0.5, 0.6) is 0 Å². The molecular weight excluding hydrogens is 264 g/mol. The van der Waals surface area contributed by atoms with Gasteiger partial charge < -0.3 is 5.32 Å². The number of piperidine rings is 1. The second-order valence-corrected chi connectivity index (χ2v) is 7.73. The summed E-state index contributed by atoms with van der Waals surface area (Å²) in [5.41, 5.74) is 2.12. The minimum absolute atomic E-state index is 0.523. The first-order chi connectivity index (χ1) is 9.74. The van der Waals surface area contributed by atoms with E-state index in [1.807, 2.05) is 11.3 Å². The average molecular weight is 292 g/mol. The molecule has 2 aliphatic heterocycles. The maximum atomic E-state index is 3.65. The molecule has 1 N–H and O–H groups in total. The Bertz CT molecular complexity index is 428. The molecule has 0 bridgehead atoms. The van der Waals surface area contributed by atoms with Gasteiger partial charge >= 0.3 is 0 Å². The third-order valence-corrected chi connectivity index (χ3v) is 6.28. The van der Waals surface area contributed by atoms with Crippen LogP contribution >= 0.6 is 11.3 Å². The van der Waals surface area contributed by atoms with Crippen LogP contribution in [0.3, 0.4) is 0 Å². The average Bonchev–Trinajstić information content (AvgIpc) is 2.93. The molecule has 2 aliphatic rings. The van der Waals surface area contributed by atoms with Gasteiger partial charge in [-0.05, 0) is 61.6 Å². The SMILES string of the molecule is CCCC1(CN2CCc3sccc3C2C)CCCNC1. The van der Waals surface area contributed by atoms with Crippen molar-refractivity contribution in [3.05, 3.63) is 21.9 Å². The molecule has 3 heteroatoms. The van der Waals surface area contributed by atoms with Crippen LogP contribution in [0, 0.1) is 5.41 Å². The van der Waals surface area contributed by atoms with E-state index in [1.165, 1.54) is 58.3 Å². The number of nitrogens with zero attached hydrogens (tertiary/aromatic N) is 1. The van der Waals surface area contributed by atoms with Crippen LogP contribution < -0.4 is 5.32 Å². The normalized spacial score (nSPS) is 31.2. The first-order valence-electron chi connectivity index (χ1n) is 8.25. The molecule has 2 unspecified atom stereocenters. The number of thiophene rings is 1. The number of hydrogen-bond donors (Lipinski definition) is 1. The van der Waals surface area contributed by atoms with Crippen LogP contribution in [0.4, 0.5) is 0 Å². The van der Waals surface area contributed by atoms with Gasteiger partial charge in [-0.2, -0.15) is 0 Å². The molecule has 3 heterocycles. The number of nitrogens with one attached hydrogen (secondary N) is 1. The molecular formula is C17H28N2S. The van der Waals surface area contributed by atoms with E-state index >= 15 is 0 Å². The van der Waals surface area contributed by atoms with E-state index in [0.717, 1.165) is 0 Å². The zero-order valence-electron chi connectivity index (χ0n) is 13.0. The third-order valence-electron chi connectivity index (χ3n) is 5.28. The lowest BCUT2D eigenvalue weighted by Crippen LogP contribution is -2.49. The van der Waals surface area contributed by atoms with Crippen molar-refractivity contribution in [1.82, 2.24) is 10.2 Å². The lowest BCUT2D eigenvalue weighted by atomic mass is 9.76. The van der Waals surface area contributed by atoms with Crippen LogP contribution in [0.2, 0.25) is 0 Å². The molecule has 2 nitrogen and oxygen atoms in total. The number of hydrogen-bond acceptors (Lipinski definition) is 3. The fourth-order valence-electron chi connectivity index (χ4n) is 4.20. The lowest BCUT2D eigenvalue weighted by molar-refractivity contribution is 0.0775. The Balaban J connectivity index is 1.73. The van der Waals surface area contributed by atoms with Crippen molar-refractivity contribution in [3.63, 3.8) is 0 Å². The van der Waals surface area contributed by atoms with Gasteiger partial charge in [0, 0.05) is 30.6 Å². The summed E-state index contributed by atoms with van der Waals surface area (Å²) >= 11 is 1.95. The molecule has 1 aromatic rings. The Morgan fingerprint density at radius 1 is 1.50 bits per heavy atom. The monoisotopic (exact) mass is 292 g/mol. The second-order valence-electron chi connectivity index (χ2n) is 6.73. The fourth-order valence-corrected chi connectivity index (χ4v) is 5.16. The molecule has 0 amide bonds. The molecule has 0 aromatic carbocycles. The van der Waals surface area contributed by atoms with Gasteiger partial charge in [0.05, 0.1) is 0 Å². The van der Waals surface area contributed by atoms with Gasteiger partial charge in [0.1, 0.15) is 0 Å². The predicted molar refractivity (Wildman–Crippen MR) is 87.5 cm³/mol. The van der Waals surface area contributed by atoms with E-state index < -0.39 is 0 Å². The van der Waals surface area contributed by atoms with Gasteiger partial charge in [-0.3, -0.25) is 4.90 Å². The van der Waals surface area contributed by atoms with E-state index in [-0.39, 0.29) is 0 Å². The van der Waals surface area contributed by atoms with Crippen LogP contribution in [0.1, 0.15) is 56.0 Å². The summed E-state index contributed by atoms with van der Waals surface area (Å²) in [5, 5.41) is 5.93. The highest BCUT2D eigenvalue weighted by atomic mass is 32.1. The fraction of sp³-hybridized carbons (Fsp3) is 0.765. The topological polar surface area (TPSA) is 15.3 Å². The third kappa shape index (κ3) is 2.81. The summed E-state index contributed by atoms with van der Waals surface area (Å²) in [6.07, 6.45) is 6.71. The summed E-state index contributed by atoms with van der Waals surface area (Å²) in [7, 11) is 0. The van der Waals surface area contributed by atoms with Gasteiger partial charge in [-0.25, -0.2) is 0 Å². The summed E-state index contributed by atoms with van der Waals surface area (Å²) in [4.78, 5) is 4.37. The molecule has 1 fully saturated rings. The highest BCUT2D eigenvalue weighted by Gasteiger charge is 2.36. The minimum atomic E-state index is 0.523. The summed E-state index contributed by atoms with van der Waals surface area (Å²) < 4.78 is 0. The molecule has 2 atom stereocenters. The minimum Gasteiger partial charge on any atom is -0.316 e. The predicted octanol–water partition coefficient (Wildman–Crippen LogP) is 3.84. The number of fused-ring (bicyclic) bond motifs is 1. The lowest BCUT2D eigenvalue weighted by Gasteiger charge is -2.44. The van der Waals surface area contributed by atoms with E-state index in [2.05, 4.69) is 35.5 Å². The Labute approximate surface area is 127 Å². The van der Waals surface area contributed by atoms with Crippen molar-refractivity contribution in [1.29, 1.82) is 0 Å². The van der Waals surface area contributed by atoms with Crippen molar-refractivity contribution >= 4 is 11.3 Å². The second kappa shape index (κ2) is 6.17.